The summed E-state index contributed by atoms with van der Waals surface area (Å²) < 4.78 is 3.58. The molecule has 0 aliphatic carbocycles. The minimum atomic E-state index is -0.165. The molecule has 37 heavy (non-hydrogen) atoms. The second-order valence-electron chi connectivity index (χ2n) is 9.07. The van der Waals surface area contributed by atoms with Gasteiger partial charge in [-0.05, 0) is 42.3 Å². The van der Waals surface area contributed by atoms with Gasteiger partial charge in [-0.3, -0.25) is 14.2 Å². The van der Waals surface area contributed by atoms with Crippen LogP contribution >= 0.6 is 23.2 Å². The van der Waals surface area contributed by atoms with Crippen molar-refractivity contribution < 1.29 is 4.79 Å². The van der Waals surface area contributed by atoms with Crippen LogP contribution in [0.1, 0.15) is 32.7 Å². The van der Waals surface area contributed by atoms with Gasteiger partial charge in [0, 0.05) is 29.7 Å². The van der Waals surface area contributed by atoms with Crippen LogP contribution < -0.4 is 5.56 Å². The summed E-state index contributed by atoms with van der Waals surface area (Å²) in [4.78, 5) is 29.0. The third-order valence-electron chi connectivity index (χ3n) is 6.77. The van der Waals surface area contributed by atoms with Gasteiger partial charge in [0.05, 0.1) is 34.2 Å². The van der Waals surface area contributed by atoms with E-state index in [-0.39, 0.29) is 18.0 Å². The van der Waals surface area contributed by atoms with Crippen molar-refractivity contribution in [2.75, 3.05) is 6.54 Å². The minimum absolute atomic E-state index is 0.0786. The van der Waals surface area contributed by atoms with Crippen LogP contribution in [0.3, 0.4) is 0 Å². The van der Waals surface area contributed by atoms with Gasteiger partial charge in [0.2, 0.25) is 0 Å². The maximum Gasteiger partial charge on any atom is 0.261 e. The molecule has 6 nitrogen and oxygen atoms in total. The molecule has 184 valence electrons. The van der Waals surface area contributed by atoms with Gasteiger partial charge in [-0.2, -0.15) is 5.10 Å². The van der Waals surface area contributed by atoms with Crippen molar-refractivity contribution in [3.05, 3.63) is 133 Å². The lowest BCUT2D eigenvalue weighted by Gasteiger charge is -2.29. The molecule has 0 saturated heterocycles. The van der Waals surface area contributed by atoms with E-state index in [0.717, 1.165) is 22.5 Å². The highest BCUT2D eigenvalue weighted by atomic mass is 35.5. The second-order valence-corrected chi connectivity index (χ2v) is 9.89. The molecule has 1 amide bonds. The first kappa shape index (κ1) is 23.5. The lowest BCUT2D eigenvalue weighted by atomic mass is 10.0. The van der Waals surface area contributed by atoms with E-state index in [4.69, 9.17) is 28.3 Å². The summed E-state index contributed by atoms with van der Waals surface area (Å²) in [6.07, 6.45) is 2.88. The van der Waals surface area contributed by atoms with Crippen LogP contribution in [-0.2, 0) is 19.4 Å². The first-order chi connectivity index (χ1) is 18.0. The Morgan fingerprint density at radius 1 is 0.919 bits per heavy atom. The number of benzene rings is 3. The number of hydrogen-bond acceptors (Lipinski definition) is 3. The van der Waals surface area contributed by atoms with Crippen LogP contribution in [0.2, 0.25) is 10.0 Å². The number of amides is 1. The van der Waals surface area contributed by atoms with Gasteiger partial charge >= 0.3 is 0 Å². The molecular weight excluding hydrogens is 507 g/mol. The average molecular weight is 529 g/mol. The predicted molar refractivity (Wildman–Crippen MR) is 145 cm³/mol. The summed E-state index contributed by atoms with van der Waals surface area (Å²) in [5.74, 6) is -0.165. The van der Waals surface area contributed by atoms with Crippen LogP contribution in [0.15, 0.2) is 89.9 Å². The summed E-state index contributed by atoms with van der Waals surface area (Å²) in [5, 5.41) is 5.45. The molecule has 3 aromatic carbocycles. The molecule has 5 aromatic rings. The van der Waals surface area contributed by atoms with E-state index in [1.54, 1.807) is 27.7 Å². The van der Waals surface area contributed by atoms with Crippen molar-refractivity contribution >= 4 is 34.8 Å². The van der Waals surface area contributed by atoms with E-state index in [9.17, 15) is 9.59 Å². The van der Waals surface area contributed by atoms with E-state index in [1.807, 2.05) is 59.2 Å². The fourth-order valence-electron chi connectivity index (χ4n) is 4.96. The first-order valence-corrected chi connectivity index (χ1v) is 12.7. The number of carbonyl (C=O) groups is 1. The van der Waals surface area contributed by atoms with Crippen molar-refractivity contribution in [3.63, 3.8) is 0 Å². The monoisotopic (exact) mass is 528 g/mol. The van der Waals surface area contributed by atoms with E-state index in [2.05, 4.69) is 12.1 Å². The Morgan fingerprint density at radius 2 is 1.65 bits per heavy atom. The topological polar surface area (TPSA) is 59.6 Å². The summed E-state index contributed by atoms with van der Waals surface area (Å²) in [7, 11) is 0. The van der Waals surface area contributed by atoms with Crippen LogP contribution in [0.4, 0.5) is 0 Å². The molecule has 1 aliphatic rings. The summed E-state index contributed by atoms with van der Waals surface area (Å²) in [6.45, 7) is 0.683. The zero-order chi connectivity index (χ0) is 25.5. The fourth-order valence-corrected chi connectivity index (χ4v) is 5.25. The van der Waals surface area contributed by atoms with Crippen molar-refractivity contribution in [2.24, 2.45) is 0 Å². The highest BCUT2D eigenvalue weighted by Gasteiger charge is 2.29. The number of nitrogens with zero attached hydrogens (tertiary/aromatic N) is 4. The quantitative estimate of drug-likeness (QED) is 0.306. The SMILES string of the molecule is O=C(c1ccc(Cl)c(Cl)c1)N1CCc2c(n3ncc(Cc4ccccc4)c3n(-c3ccccc3)c2=O)C1. The van der Waals surface area contributed by atoms with Crippen molar-refractivity contribution in [1.29, 1.82) is 0 Å². The normalized spacial score (nSPS) is 13.1. The Balaban J connectivity index is 1.49. The average Bonchev–Trinajstić information content (AvgIpc) is 3.34. The molecule has 0 N–H and O–H groups in total. The molecule has 0 bridgehead atoms. The third kappa shape index (κ3) is 4.22. The van der Waals surface area contributed by atoms with Gasteiger partial charge in [0.1, 0.15) is 5.65 Å². The van der Waals surface area contributed by atoms with Gasteiger partial charge in [-0.15, -0.1) is 0 Å². The number of hydrogen-bond donors (Lipinski definition) is 0. The zero-order valence-electron chi connectivity index (χ0n) is 19.8. The smallest absolute Gasteiger partial charge is 0.261 e. The van der Waals surface area contributed by atoms with E-state index >= 15 is 0 Å². The molecule has 8 heteroatoms. The summed E-state index contributed by atoms with van der Waals surface area (Å²) in [6, 6.07) is 24.6. The van der Waals surface area contributed by atoms with Crippen LogP contribution in [0, 0.1) is 0 Å². The number of fused-ring (bicyclic) bond motifs is 3. The fraction of sp³-hybridized carbons (Fsp3) is 0.138. The number of para-hydroxylation sites is 1. The Labute approximate surface area is 223 Å². The van der Waals surface area contributed by atoms with Crippen LogP contribution in [0.5, 0.6) is 0 Å². The Morgan fingerprint density at radius 3 is 2.38 bits per heavy atom. The molecule has 2 aromatic heterocycles. The van der Waals surface area contributed by atoms with Crippen molar-refractivity contribution in [2.45, 2.75) is 19.4 Å². The molecule has 0 radical (unpaired) electrons. The van der Waals surface area contributed by atoms with Gasteiger partial charge in [0.25, 0.3) is 11.5 Å². The molecule has 0 unspecified atom stereocenters. The van der Waals surface area contributed by atoms with Gasteiger partial charge in [-0.25, -0.2) is 4.52 Å². The maximum atomic E-state index is 13.9. The maximum absolute atomic E-state index is 13.9. The van der Waals surface area contributed by atoms with Crippen LogP contribution in [0.25, 0.3) is 11.3 Å². The molecule has 0 saturated carbocycles. The number of rotatable bonds is 4. The molecular formula is C29H22Cl2N4O2. The minimum Gasteiger partial charge on any atom is -0.332 e. The van der Waals surface area contributed by atoms with Gasteiger partial charge < -0.3 is 4.90 Å². The molecule has 6 rings (SSSR count). The Kier molecular flexibility index (Phi) is 6.07. The summed E-state index contributed by atoms with van der Waals surface area (Å²) in [5.41, 5.74) is 5.32. The van der Waals surface area contributed by atoms with Gasteiger partial charge in [0.15, 0.2) is 0 Å². The molecule has 0 fully saturated rings. The number of carbonyl (C=O) groups excluding carboxylic acids is 1. The van der Waals surface area contributed by atoms with Crippen molar-refractivity contribution in [3.8, 4) is 5.69 Å². The largest absolute Gasteiger partial charge is 0.332 e. The molecule has 0 spiro atoms. The standard InChI is InChI=1S/C29H22Cl2N4O2/c30-24-12-11-20(16-25(24)31)28(36)33-14-13-23-26(18-33)35-27(34(29(23)37)22-9-5-2-6-10-22)21(17-32-35)15-19-7-3-1-4-8-19/h1-12,16-17H,13-15,18H2. The third-order valence-corrected chi connectivity index (χ3v) is 7.51. The highest BCUT2D eigenvalue weighted by molar-refractivity contribution is 6.42. The van der Waals surface area contributed by atoms with E-state index < -0.39 is 0 Å². The number of halogens is 2. The molecule has 1 aliphatic heterocycles. The first-order valence-electron chi connectivity index (χ1n) is 12.0. The van der Waals surface area contributed by atoms with E-state index in [1.165, 1.54) is 0 Å². The lowest BCUT2D eigenvalue weighted by molar-refractivity contribution is 0.0730. The highest BCUT2D eigenvalue weighted by Crippen LogP contribution is 2.27. The van der Waals surface area contributed by atoms with Crippen LogP contribution in [-0.4, -0.2) is 31.5 Å². The Bertz CT molecular complexity index is 1690. The van der Waals surface area contributed by atoms with E-state index in [0.29, 0.717) is 46.2 Å². The van der Waals surface area contributed by atoms with Crippen molar-refractivity contribution in [1.82, 2.24) is 19.1 Å². The summed E-state index contributed by atoms with van der Waals surface area (Å²) >= 11 is 12.2. The zero-order valence-corrected chi connectivity index (χ0v) is 21.3. The lowest BCUT2D eigenvalue weighted by Crippen LogP contribution is -2.41. The predicted octanol–water partition coefficient (Wildman–Crippen LogP) is 5.58. The van der Waals surface area contributed by atoms with Gasteiger partial charge in [-0.1, -0.05) is 71.7 Å². The molecule has 3 heterocycles. The molecule has 0 atom stereocenters. The Hall–Kier alpha value is -3.87. The number of aromatic nitrogens is 3. The second kappa shape index (κ2) is 9.54.